The summed E-state index contributed by atoms with van der Waals surface area (Å²) in [7, 11) is 0. The van der Waals surface area contributed by atoms with Gasteiger partial charge in [-0.3, -0.25) is 14.4 Å². The molecule has 3 saturated heterocycles. The Balaban J connectivity index is 1.50. The van der Waals surface area contributed by atoms with Crippen LogP contribution in [0.4, 0.5) is 0 Å². The Morgan fingerprint density at radius 3 is 2.82 bits per heavy atom. The summed E-state index contributed by atoms with van der Waals surface area (Å²) in [5.74, 6) is -2.98. The lowest BCUT2D eigenvalue weighted by molar-refractivity contribution is -0.160. The number of aromatic nitrogens is 3. The quantitative estimate of drug-likeness (QED) is 0.265. The Kier molecular flexibility index (Phi) is 6.83. The van der Waals surface area contributed by atoms with Gasteiger partial charge in [-0.15, -0.1) is 18.3 Å². The van der Waals surface area contributed by atoms with Crippen molar-refractivity contribution in [3.63, 3.8) is 0 Å². The highest BCUT2D eigenvalue weighted by Gasteiger charge is 2.78. The molecule has 38 heavy (non-hydrogen) atoms. The van der Waals surface area contributed by atoms with Gasteiger partial charge in [-0.25, -0.2) is 4.68 Å². The molecule has 11 nitrogen and oxygen atoms in total. The van der Waals surface area contributed by atoms with E-state index in [1.165, 1.54) is 4.90 Å². The maximum Gasteiger partial charge on any atom is 0.312 e. The van der Waals surface area contributed by atoms with Crippen LogP contribution in [-0.2, 0) is 30.5 Å². The highest BCUT2D eigenvalue weighted by Crippen LogP contribution is 2.63. The van der Waals surface area contributed by atoms with Gasteiger partial charge in [-0.05, 0) is 38.3 Å². The summed E-state index contributed by atoms with van der Waals surface area (Å²) >= 11 is 0. The Morgan fingerprint density at radius 2 is 2.08 bits per heavy atom. The predicted octanol–water partition coefficient (Wildman–Crippen LogP) is 1.28. The predicted molar refractivity (Wildman–Crippen MR) is 136 cm³/mol. The average molecular weight is 524 g/mol. The van der Waals surface area contributed by atoms with Crippen LogP contribution in [0.2, 0.25) is 0 Å². The van der Waals surface area contributed by atoms with Gasteiger partial charge in [0.15, 0.2) is 0 Å². The molecule has 11 heteroatoms. The van der Waals surface area contributed by atoms with E-state index in [4.69, 9.17) is 9.47 Å². The van der Waals surface area contributed by atoms with Crippen molar-refractivity contribution in [2.75, 3.05) is 26.3 Å². The summed E-state index contributed by atoms with van der Waals surface area (Å²) in [6, 6.07) is 6.40. The fraction of sp³-hybridized carbons (Fsp3) is 0.519. The van der Waals surface area contributed by atoms with Crippen LogP contribution in [0.3, 0.4) is 0 Å². The molecule has 2 bridgehead atoms. The number of rotatable bonds is 11. The molecular formula is C27H33N5O6. The summed E-state index contributed by atoms with van der Waals surface area (Å²) in [6.07, 6.45) is 4.68. The second-order valence-corrected chi connectivity index (χ2v) is 10.3. The smallest absolute Gasteiger partial charge is 0.312 e. The molecule has 0 radical (unpaired) electrons. The lowest BCUT2D eigenvalue weighted by Crippen LogP contribution is -2.56. The number of nitrogens with zero attached hydrogens (tertiary/aromatic N) is 5. The van der Waals surface area contributed by atoms with Crippen molar-refractivity contribution in [2.24, 2.45) is 11.8 Å². The molecule has 4 heterocycles. The molecule has 1 aromatic heterocycles. The number of hydrogen-bond donors (Lipinski definition) is 1. The first-order chi connectivity index (χ1) is 18.3. The number of aliphatic hydroxyl groups excluding tert-OH is 1. The third kappa shape index (κ3) is 3.92. The largest absolute Gasteiger partial charge is 0.465 e. The van der Waals surface area contributed by atoms with Crippen molar-refractivity contribution in [1.29, 1.82) is 0 Å². The van der Waals surface area contributed by atoms with Gasteiger partial charge >= 0.3 is 5.97 Å². The fourth-order valence-electron chi connectivity index (χ4n) is 6.47. The van der Waals surface area contributed by atoms with Crippen molar-refractivity contribution in [3.05, 3.63) is 49.6 Å². The van der Waals surface area contributed by atoms with Crippen molar-refractivity contribution in [2.45, 2.75) is 50.1 Å². The van der Waals surface area contributed by atoms with E-state index in [0.29, 0.717) is 24.8 Å². The Labute approximate surface area is 220 Å². The van der Waals surface area contributed by atoms with Crippen LogP contribution in [0.1, 0.15) is 26.2 Å². The number of aliphatic hydroxyl groups is 1. The topological polar surface area (TPSA) is 127 Å². The number of amides is 2. The first-order valence-electron chi connectivity index (χ1n) is 12.9. The van der Waals surface area contributed by atoms with Crippen molar-refractivity contribution in [3.8, 4) is 0 Å². The molecule has 1 spiro atoms. The second kappa shape index (κ2) is 9.95. The number of likely N-dealkylation sites (tertiary alicyclic amines) is 1. The first kappa shape index (κ1) is 26.1. The number of benzene rings is 1. The number of carbonyl (C=O) groups excluding carboxylic acids is 3. The number of fused-ring (bicyclic) bond motifs is 2. The molecule has 1 N–H and O–H groups in total. The van der Waals surface area contributed by atoms with Crippen molar-refractivity contribution < 1.29 is 29.0 Å². The van der Waals surface area contributed by atoms with E-state index in [9.17, 15) is 19.5 Å². The first-order valence-corrected chi connectivity index (χ1v) is 12.9. The molecule has 5 atom stereocenters. The number of para-hydroxylation sites is 1. The van der Waals surface area contributed by atoms with Gasteiger partial charge in [0, 0.05) is 13.1 Å². The van der Waals surface area contributed by atoms with E-state index in [2.05, 4.69) is 23.5 Å². The van der Waals surface area contributed by atoms with Gasteiger partial charge in [0.2, 0.25) is 11.8 Å². The Bertz CT molecular complexity index is 1280. The van der Waals surface area contributed by atoms with Crippen LogP contribution in [-0.4, -0.2) is 91.2 Å². The zero-order valence-corrected chi connectivity index (χ0v) is 21.5. The van der Waals surface area contributed by atoms with E-state index < -0.39 is 35.0 Å². The summed E-state index contributed by atoms with van der Waals surface area (Å²) in [4.78, 5) is 44.3. The third-order valence-electron chi connectivity index (χ3n) is 8.06. The van der Waals surface area contributed by atoms with Gasteiger partial charge in [0.1, 0.15) is 29.7 Å². The maximum absolute atomic E-state index is 14.3. The maximum atomic E-state index is 14.3. The van der Waals surface area contributed by atoms with Crippen LogP contribution in [0.5, 0.6) is 0 Å². The minimum Gasteiger partial charge on any atom is -0.465 e. The van der Waals surface area contributed by atoms with Gasteiger partial charge < -0.3 is 24.4 Å². The van der Waals surface area contributed by atoms with Gasteiger partial charge in [-0.2, -0.15) is 0 Å². The zero-order chi connectivity index (χ0) is 27.1. The highest BCUT2D eigenvalue weighted by atomic mass is 16.6. The lowest BCUT2D eigenvalue weighted by atomic mass is 9.66. The minimum absolute atomic E-state index is 0.0556. The average Bonchev–Trinajstić information content (AvgIpc) is 3.60. The van der Waals surface area contributed by atoms with Crippen molar-refractivity contribution >= 4 is 28.8 Å². The monoisotopic (exact) mass is 523 g/mol. The number of carbonyl (C=O) groups is 3. The molecular weight excluding hydrogens is 490 g/mol. The number of β-amino-alcohol motifs (C(OH)–C–C–N with tert-alkyl or cyclic N) is 1. The van der Waals surface area contributed by atoms with Crippen LogP contribution in [0, 0.1) is 11.8 Å². The molecule has 2 amide bonds. The molecule has 3 fully saturated rings. The molecule has 2 aromatic rings. The fourth-order valence-corrected chi connectivity index (χ4v) is 6.47. The van der Waals surface area contributed by atoms with E-state index in [1.54, 1.807) is 21.7 Å². The molecule has 2 unspecified atom stereocenters. The van der Waals surface area contributed by atoms with E-state index >= 15 is 0 Å². The molecule has 3 aliphatic heterocycles. The third-order valence-corrected chi connectivity index (χ3v) is 8.06. The molecule has 202 valence electrons. The van der Waals surface area contributed by atoms with Crippen LogP contribution in [0.15, 0.2) is 49.6 Å². The molecule has 3 aliphatic rings. The van der Waals surface area contributed by atoms with E-state index in [0.717, 1.165) is 5.52 Å². The number of esters is 1. The molecule has 0 aliphatic carbocycles. The Morgan fingerprint density at radius 1 is 1.29 bits per heavy atom. The summed E-state index contributed by atoms with van der Waals surface area (Å²) < 4.78 is 13.7. The van der Waals surface area contributed by atoms with Gasteiger partial charge in [0.25, 0.3) is 0 Å². The highest BCUT2D eigenvalue weighted by molar-refractivity contribution is 5.98. The van der Waals surface area contributed by atoms with E-state index in [-0.39, 0.29) is 44.8 Å². The Hall–Kier alpha value is -3.57. The minimum atomic E-state index is -1.20. The summed E-state index contributed by atoms with van der Waals surface area (Å²) in [5.41, 5.74) is -0.684. The molecule has 0 saturated carbocycles. The van der Waals surface area contributed by atoms with Crippen LogP contribution in [0.25, 0.3) is 11.0 Å². The number of hydrogen-bond acceptors (Lipinski definition) is 8. The van der Waals surface area contributed by atoms with Crippen molar-refractivity contribution in [1.82, 2.24) is 24.8 Å². The SMILES string of the molecule is C=CCCOC(=O)[C@H]1[C@H]2C(=O)N(CCO)C(C(=O)N(CC=C)Cn3nnc4ccccc43)C23CC[C@]1(C)O3. The molecule has 1 aromatic carbocycles. The lowest BCUT2D eigenvalue weighted by Gasteiger charge is -2.36. The standard InChI is InChI=1S/C27H33N5O6/c1-4-6-16-37-25(36)21-20-23(34)31(14-15-33)22(27(20)12-11-26(21,3)38-27)24(35)30(13-5-2)17-32-19-10-8-7-9-18(19)28-29-32/h4-5,7-10,20-22,33H,1-2,6,11-17H2,3H3/t20-,21+,22?,26-,27?/m0/s1. The number of ether oxygens (including phenoxy) is 2. The van der Waals surface area contributed by atoms with Gasteiger partial charge in [-0.1, -0.05) is 29.5 Å². The van der Waals surface area contributed by atoms with Gasteiger partial charge in [0.05, 0.1) is 30.2 Å². The van der Waals surface area contributed by atoms with Crippen LogP contribution >= 0.6 is 0 Å². The second-order valence-electron chi connectivity index (χ2n) is 10.3. The summed E-state index contributed by atoms with van der Waals surface area (Å²) in [6.45, 7) is 9.30. The van der Waals surface area contributed by atoms with Crippen LogP contribution < -0.4 is 0 Å². The van der Waals surface area contributed by atoms with E-state index in [1.807, 2.05) is 31.2 Å². The molecule has 5 rings (SSSR count). The summed E-state index contributed by atoms with van der Waals surface area (Å²) in [5, 5.41) is 18.2. The zero-order valence-electron chi connectivity index (χ0n) is 21.5. The normalized spacial score (nSPS) is 29.5.